The molecule has 1 atom stereocenters. The van der Waals surface area contributed by atoms with Gasteiger partial charge < -0.3 is 19.9 Å². The van der Waals surface area contributed by atoms with Crippen LogP contribution in [0.2, 0.25) is 0 Å². The van der Waals surface area contributed by atoms with E-state index < -0.39 is 0 Å². The van der Waals surface area contributed by atoms with Crippen molar-refractivity contribution in [2.45, 2.75) is 12.5 Å². The third-order valence-corrected chi connectivity index (χ3v) is 2.60. The van der Waals surface area contributed by atoms with E-state index in [-0.39, 0.29) is 11.9 Å². The summed E-state index contributed by atoms with van der Waals surface area (Å²) in [6, 6.07) is 5.93. The number of rotatable bonds is 10. The average Bonchev–Trinajstić information content (AvgIpc) is 2.42. The second-order valence-corrected chi connectivity index (χ2v) is 4.19. The Morgan fingerprint density at radius 3 is 2.42 bits per heavy atom. The predicted molar refractivity (Wildman–Crippen MR) is 71.5 cm³/mol. The molecule has 0 aliphatic heterocycles. The number of benzene rings is 1. The van der Waals surface area contributed by atoms with Crippen molar-refractivity contribution < 1.29 is 18.6 Å². The topological polar surface area (TPSA) is 53.7 Å². The van der Waals surface area contributed by atoms with E-state index in [4.69, 9.17) is 19.9 Å². The van der Waals surface area contributed by atoms with Crippen LogP contribution in [-0.4, -0.2) is 40.1 Å². The van der Waals surface area contributed by atoms with E-state index in [1.165, 1.54) is 12.1 Å². The summed E-state index contributed by atoms with van der Waals surface area (Å²) in [6.45, 7) is 2.88. The molecule has 0 saturated heterocycles. The Hall–Kier alpha value is -1.01. The van der Waals surface area contributed by atoms with Crippen LogP contribution in [0.4, 0.5) is 4.39 Å². The first-order valence-electron chi connectivity index (χ1n) is 6.39. The number of methoxy groups -OCH3 is 1. The monoisotopic (exact) mass is 271 g/mol. The maximum Gasteiger partial charge on any atom is 0.123 e. The zero-order valence-electron chi connectivity index (χ0n) is 11.3. The smallest absolute Gasteiger partial charge is 0.123 e. The van der Waals surface area contributed by atoms with Crippen molar-refractivity contribution in [1.29, 1.82) is 0 Å². The fourth-order valence-corrected chi connectivity index (χ4v) is 1.52. The van der Waals surface area contributed by atoms with Gasteiger partial charge in [-0.25, -0.2) is 4.39 Å². The number of hydrogen-bond donors (Lipinski definition) is 1. The van der Waals surface area contributed by atoms with E-state index in [9.17, 15) is 4.39 Å². The Kier molecular flexibility index (Phi) is 8.33. The predicted octanol–water partition coefficient (Wildman–Crippen LogP) is 1.90. The van der Waals surface area contributed by atoms with Crippen molar-refractivity contribution >= 4 is 0 Å². The lowest BCUT2D eigenvalue weighted by molar-refractivity contribution is 0.0492. The molecule has 0 radical (unpaired) electrons. The van der Waals surface area contributed by atoms with Crippen molar-refractivity contribution in [2.24, 2.45) is 5.73 Å². The Morgan fingerprint density at radius 1 is 1.05 bits per heavy atom. The largest absolute Gasteiger partial charge is 0.382 e. The molecular formula is C14H22FNO3. The SMILES string of the molecule is COCCOCCCOCC(N)c1ccc(F)cc1. The molecule has 0 bridgehead atoms. The summed E-state index contributed by atoms with van der Waals surface area (Å²) in [7, 11) is 1.64. The number of hydrogen-bond acceptors (Lipinski definition) is 4. The maximum atomic E-state index is 12.7. The van der Waals surface area contributed by atoms with Gasteiger partial charge in [-0.1, -0.05) is 12.1 Å². The van der Waals surface area contributed by atoms with Crippen LogP contribution in [0.3, 0.4) is 0 Å². The quantitative estimate of drug-likeness (QED) is 0.660. The van der Waals surface area contributed by atoms with Gasteiger partial charge in [-0.15, -0.1) is 0 Å². The highest BCUT2D eigenvalue weighted by atomic mass is 19.1. The fraction of sp³-hybridized carbons (Fsp3) is 0.571. The van der Waals surface area contributed by atoms with Crippen LogP contribution in [0.1, 0.15) is 18.0 Å². The van der Waals surface area contributed by atoms with Gasteiger partial charge in [-0.2, -0.15) is 0 Å². The van der Waals surface area contributed by atoms with Crippen LogP contribution >= 0.6 is 0 Å². The average molecular weight is 271 g/mol. The summed E-state index contributed by atoms with van der Waals surface area (Å²) in [5.41, 5.74) is 6.80. The van der Waals surface area contributed by atoms with Crippen LogP contribution in [0.5, 0.6) is 0 Å². The normalized spacial score (nSPS) is 12.6. The zero-order chi connectivity index (χ0) is 13.9. The molecule has 1 aromatic rings. The minimum absolute atomic E-state index is 0.227. The molecule has 1 unspecified atom stereocenters. The van der Waals surface area contributed by atoms with Gasteiger partial charge in [0.05, 0.1) is 25.9 Å². The minimum Gasteiger partial charge on any atom is -0.382 e. The molecule has 0 aromatic heterocycles. The first kappa shape index (κ1) is 16.0. The number of halogens is 1. The third-order valence-electron chi connectivity index (χ3n) is 2.60. The summed E-state index contributed by atoms with van der Waals surface area (Å²) in [5, 5.41) is 0. The summed E-state index contributed by atoms with van der Waals surface area (Å²) < 4.78 is 28.4. The van der Waals surface area contributed by atoms with Crippen molar-refractivity contribution in [1.82, 2.24) is 0 Å². The van der Waals surface area contributed by atoms with E-state index in [1.807, 2.05) is 0 Å². The Labute approximate surface area is 113 Å². The van der Waals surface area contributed by atoms with Gasteiger partial charge >= 0.3 is 0 Å². The lowest BCUT2D eigenvalue weighted by Crippen LogP contribution is -2.18. The van der Waals surface area contributed by atoms with Crippen molar-refractivity contribution in [3.05, 3.63) is 35.6 Å². The van der Waals surface area contributed by atoms with Crippen LogP contribution in [0, 0.1) is 5.82 Å². The van der Waals surface area contributed by atoms with Crippen LogP contribution in [0.25, 0.3) is 0 Å². The molecule has 108 valence electrons. The molecule has 0 aliphatic carbocycles. The molecule has 0 spiro atoms. The highest BCUT2D eigenvalue weighted by Gasteiger charge is 2.05. The lowest BCUT2D eigenvalue weighted by atomic mass is 10.1. The van der Waals surface area contributed by atoms with E-state index in [0.29, 0.717) is 33.0 Å². The van der Waals surface area contributed by atoms with Crippen LogP contribution < -0.4 is 5.73 Å². The Morgan fingerprint density at radius 2 is 1.74 bits per heavy atom. The first-order chi connectivity index (χ1) is 9.24. The molecule has 5 heteroatoms. The van der Waals surface area contributed by atoms with Crippen molar-refractivity contribution in [2.75, 3.05) is 40.1 Å². The highest BCUT2D eigenvalue weighted by Crippen LogP contribution is 2.11. The lowest BCUT2D eigenvalue weighted by Gasteiger charge is -2.12. The third kappa shape index (κ3) is 7.22. The molecule has 0 aliphatic rings. The van der Waals surface area contributed by atoms with E-state index >= 15 is 0 Å². The molecule has 4 nitrogen and oxygen atoms in total. The molecule has 0 amide bonds. The Balaban J connectivity index is 2.04. The van der Waals surface area contributed by atoms with Gasteiger partial charge in [-0.05, 0) is 24.1 Å². The van der Waals surface area contributed by atoms with Gasteiger partial charge in [0, 0.05) is 20.3 Å². The van der Waals surface area contributed by atoms with Gasteiger partial charge in [0.1, 0.15) is 5.82 Å². The molecule has 0 heterocycles. The van der Waals surface area contributed by atoms with Gasteiger partial charge in [0.2, 0.25) is 0 Å². The molecule has 2 N–H and O–H groups in total. The van der Waals surface area contributed by atoms with Gasteiger partial charge in [0.25, 0.3) is 0 Å². The molecule has 0 fully saturated rings. The van der Waals surface area contributed by atoms with Crippen molar-refractivity contribution in [3.8, 4) is 0 Å². The standard InChI is InChI=1S/C14H22FNO3/c1-17-9-10-18-7-2-8-19-11-14(16)12-3-5-13(15)6-4-12/h3-6,14H,2,7-11,16H2,1H3. The van der Waals surface area contributed by atoms with Crippen molar-refractivity contribution in [3.63, 3.8) is 0 Å². The molecule has 1 aromatic carbocycles. The zero-order valence-corrected chi connectivity index (χ0v) is 11.3. The summed E-state index contributed by atoms with van der Waals surface area (Å²) in [5.74, 6) is -0.259. The van der Waals surface area contributed by atoms with E-state index in [1.54, 1.807) is 19.2 Å². The van der Waals surface area contributed by atoms with Gasteiger partial charge in [-0.3, -0.25) is 0 Å². The second-order valence-electron chi connectivity index (χ2n) is 4.19. The molecule has 19 heavy (non-hydrogen) atoms. The second kappa shape index (κ2) is 9.86. The summed E-state index contributed by atoms with van der Waals surface area (Å²) >= 11 is 0. The number of nitrogens with two attached hydrogens (primary N) is 1. The summed E-state index contributed by atoms with van der Waals surface area (Å²) in [6.07, 6.45) is 0.819. The fourth-order valence-electron chi connectivity index (χ4n) is 1.52. The number of ether oxygens (including phenoxy) is 3. The highest BCUT2D eigenvalue weighted by molar-refractivity contribution is 5.19. The maximum absolute atomic E-state index is 12.7. The van der Waals surface area contributed by atoms with Gasteiger partial charge in [0.15, 0.2) is 0 Å². The van der Waals surface area contributed by atoms with E-state index in [2.05, 4.69) is 0 Å². The Bertz CT molecular complexity index is 332. The van der Waals surface area contributed by atoms with Crippen LogP contribution in [-0.2, 0) is 14.2 Å². The van der Waals surface area contributed by atoms with Crippen LogP contribution in [0.15, 0.2) is 24.3 Å². The van der Waals surface area contributed by atoms with E-state index in [0.717, 1.165) is 12.0 Å². The summed E-state index contributed by atoms with van der Waals surface area (Å²) in [4.78, 5) is 0. The molecule has 0 saturated carbocycles. The first-order valence-corrected chi connectivity index (χ1v) is 6.39. The molecule has 1 rings (SSSR count). The molecular weight excluding hydrogens is 249 g/mol. The minimum atomic E-state index is -0.259.